The van der Waals surface area contributed by atoms with Gasteiger partial charge in [-0.3, -0.25) is 4.79 Å². The number of carbonyl (C=O) groups excluding carboxylic acids is 1. The lowest BCUT2D eigenvalue weighted by molar-refractivity contribution is -0.135. The maximum absolute atomic E-state index is 12.0. The van der Waals surface area contributed by atoms with Crippen LogP contribution in [-0.4, -0.2) is 5.97 Å². The predicted octanol–water partition coefficient (Wildman–Crippen LogP) is 3.27. The average Bonchev–Trinajstić information content (AvgIpc) is 2.47. The number of nitriles is 1. The van der Waals surface area contributed by atoms with E-state index >= 15 is 0 Å². The molecule has 2 aromatic rings. The van der Waals surface area contributed by atoms with Crippen LogP contribution in [0, 0.1) is 11.3 Å². The Kier molecular flexibility index (Phi) is 3.94. The van der Waals surface area contributed by atoms with Gasteiger partial charge in [0.1, 0.15) is 5.75 Å². The van der Waals surface area contributed by atoms with Crippen LogP contribution in [0.2, 0.25) is 0 Å². The first-order chi connectivity index (χ1) is 9.20. The first-order valence-corrected chi connectivity index (χ1v) is 5.97. The van der Waals surface area contributed by atoms with Gasteiger partial charge in [-0.1, -0.05) is 30.3 Å². The number of nitrogens with zero attached hydrogens (tertiary/aromatic N) is 1. The monoisotopic (exact) mass is 251 g/mol. The molecular formula is C16H13NO2. The molecule has 19 heavy (non-hydrogen) atoms. The number of para-hydroxylation sites is 1. The van der Waals surface area contributed by atoms with Crippen LogP contribution in [0.15, 0.2) is 54.6 Å². The molecule has 0 amide bonds. The summed E-state index contributed by atoms with van der Waals surface area (Å²) in [6, 6.07) is 18.0. The zero-order chi connectivity index (χ0) is 13.7. The Morgan fingerprint density at radius 2 is 1.89 bits per heavy atom. The van der Waals surface area contributed by atoms with Crippen LogP contribution in [0.5, 0.6) is 5.75 Å². The van der Waals surface area contributed by atoms with Gasteiger partial charge in [0.2, 0.25) is 0 Å². The molecule has 0 saturated carbocycles. The van der Waals surface area contributed by atoms with E-state index in [2.05, 4.69) is 6.07 Å². The van der Waals surface area contributed by atoms with Gasteiger partial charge in [0.05, 0.1) is 17.6 Å². The molecule has 0 saturated heterocycles. The van der Waals surface area contributed by atoms with Crippen molar-refractivity contribution in [1.82, 2.24) is 0 Å². The fraction of sp³-hybridized carbons (Fsp3) is 0.125. The van der Waals surface area contributed by atoms with Crippen molar-refractivity contribution >= 4 is 5.97 Å². The molecule has 1 atom stereocenters. The molecular weight excluding hydrogens is 238 g/mol. The van der Waals surface area contributed by atoms with Gasteiger partial charge in [0.15, 0.2) is 0 Å². The van der Waals surface area contributed by atoms with E-state index < -0.39 is 5.92 Å². The second-order valence-corrected chi connectivity index (χ2v) is 4.19. The average molecular weight is 251 g/mol. The maximum atomic E-state index is 12.0. The van der Waals surface area contributed by atoms with Gasteiger partial charge in [0, 0.05) is 0 Å². The second-order valence-electron chi connectivity index (χ2n) is 4.19. The zero-order valence-corrected chi connectivity index (χ0v) is 10.5. The van der Waals surface area contributed by atoms with E-state index in [4.69, 9.17) is 10.00 Å². The number of rotatable bonds is 3. The number of ether oxygens (including phenoxy) is 1. The van der Waals surface area contributed by atoms with Crippen LogP contribution < -0.4 is 4.74 Å². The third-order valence-corrected chi connectivity index (χ3v) is 2.83. The minimum Gasteiger partial charge on any atom is -0.426 e. The number of benzene rings is 2. The predicted molar refractivity (Wildman–Crippen MR) is 71.6 cm³/mol. The minimum atomic E-state index is -0.409. The maximum Gasteiger partial charge on any atom is 0.318 e. The molecule has 3 heteroatoms. The van der Waals surface area contributed by atoms with Gasteiger partial charge in [0.25, 0.3) is 0 Å². The fourth-order valence-corrected chi connectivity index (χ4v) is 1.71. The largest absolute Gasteiger partial charge is 0.426 e. The molecule has 0 fully saturated rings. The summed E-state index contributed by atoms with van der Waals surface area (Å²) in [5.41, 5.74) is 1.32. The summed E-state index contributed by atoms with van der Waals surface area (Å²) < 4.78 is 5.28. The topological polar surface area (TPSA) is 50.1 Å². The summed E-state index contributed by atoms with van der Waals surface area (Å²) in [6.45, 7) is 1.77. The third kappa shape index (κ3) is 3.20. The zero-order valence-electron chi connectivity index (χ0n) is 10.5. The van der Waals surface area contributed by atoms with Crippen molar-refractivity contribution in [2.24, 2.45) is 0 Å². The SMILES string of the molecule is C[C@@H](C(=O)Oc1ccccc1)c1cccc(C#N)c1. The smallest absolute Gasteiger partial charge is 0.318 e. The molecule has 0 bridgehead atoms. The van der Waals surface area contributed by atoms with E-state index in [1.165, 1.54) is 0 Å². The quantitative estimate of drug-likeness (QED) is 0.621. The highest BCUT2D eigenvalue weighted by Gasteiger charge is 2.17. The van der Waals surface area contributed by atoms with E-state index in [0.717, 1.165) is 5.56 Å². The van der Waals surface area contributed by atoms with E-state index in [-0.39, 0.29) is 5.97 Å². The Balaban J connectivity index is 2.13. The van der Waals surface area contributed by atoms with E-state index in [1.807, 2.05) is 24.3 Å². The lowest BCUT2D eigenvalue weighted by Crippen LogP contribution is -2.16. The normalized spacial score (nSPS) is 11.4. The lowest BCUT2D eigenvalue weighted by atomic mass is 9.99. The first-order valence-electron chi connectivity index (χ1n) is 5.97. The molecule has 0 heterocycles. The summed E-state index contributed by atoms with van der Waals surface area (Å²) in [6.07, 6.45) is 0. The summed E-state index contributed by atoms with van der Waals surface area (Å²) in [7, 11) is 0. The van der Waals surface area contributed by atoms with Gasteiger partial charge in [-0.25, -0.2) is 0 Å². The van der Waals surface area contributed by atoms with Gasteiger partial charge in [-0.15, -0.1) is 0 Å². The molecule has 2 aromatic carbocycles. The van der Waals surface area contributed by atoms with Crippen LogP contribution >= 0.6 is 0 Å². The Morgan fingerprint density at radius 3 is 2.58 bits per heavy atom. The minimum absolute atomic E-state index is 0.332. The Bertz CT molecular complexity index is 614. The highest BCUT2D eigenvalue weighted by Crippen LogP contribution is 2.20. The van der Waals surface area contributed by atoms with Crippen LogP contribution in [0.3, 0.4) is 0 Å². The second kappa shape index (κ2) is 5.83. The third-order valence-electron chi connectivity index (χ3n) is 2.83. The van der Waals surface area contributed by atoms with Crippen LogP contribution in [-0.2, 0) is 4.79 Å². The van der Waals surface area contributed by atoms with E-state index in [1.54, 1.807) is 37.3 Å². The molecule has 0 radical (unpaired) electrons. The number of carbonyl (C=O) groups is 1. The molecule has 2 rings (SSSR count). The molecule has 0 aliphatic heterocycles. The molecule has 0 spiro atoms. The summed E-state index contributed by atoms with van der Waals surface area (Å²) >= 11 is 0. The highest BCUT2D eigenvalue weighted by molar-refractivity contribution is 5.80. The van der Waals surface area contributed by atoms with Crippen molar-refractivity contribution in [2.75, 3.05) is 0 Å². The van der Waals surface area contributed by atoms with E-state index in [0.29, 0.717) is 11.3 Å². The molecule has 3 nitrogen and oxygen atoms in total. The van der Waals surface area contributed by atoms with Crippen molar-refractivity contribution in [3.63, 3.8) is 0 Å². The summed E-state index contributed by atoms with van der Waals surface area (Å²) in [5.74, 6) is -0.217. The molecule has 94 valence electrons. The van der Waals surface area contributed by atoms with Gasteiger partial charge in [-0.05, 0) is 36.8 Å². The van der Waals surface area contributed by atoms with E-state index in [9.17, 15) is 4.79 Å². The Hall–Kier alpha value is -2.60. The van der Waals surface area contributed by atoms with Crippen molar-refractivity contribution in [3.05, 3.63) is 65.7 Å². The summed E-state index contributed by atoms with van der Waals surface area (Å²) in [5, 5.41) is 8.85. The number of hydrogen-bond acceptors (Lipinski definition) is 3. The van der Waals surface area contributed by atoms with Crippen molar-refractivity contribution in [2.45, 2.75) is 12.8 Å². The Labute approximate surface area is 112 Å². The molecule has 0 N–H and O–H groups in total. The highest BCUT2D eigenvalue weighted by atomic mass is 16.5. The molecule has 0 aliphatic rings. The first kappa shape index (κ1) is 12.8. The number of esters is 1. The molecule has 0 unspecified atom stereocenters. The van der Waals surface area contributed by atoms with Gasteiger partial charge in [-0.2, -0.15) is 5.26 Å². The van der Waals surface area contributed by atoms with Crippen LogP contribution in [0.25, 0.3) is 0 Å². The molecule has 0 aliphatic carbocycles. The van der Waals surface area contributed by atoms with Gasteiger partial charge >= 0.3 is 5.97 Å². The fourth-order valence-electron chi connectivity index (χ4n) is 1.71. The van der Waals surface area contributed by atoms with Crippen molar-refractivity contribution < 1.29 is 9.53 Å². The van der Waals surface area contributed by atoms with Crippen LogP contribution in [0.1, 0.15) is 24.0 Å². The van der Waals surface area contributed by atoms with Crippen LogP contribution in [0.4, 0.5) is 0 Å². The standard InChI is InChI=1S/C16H13NO2/c1-12(14-7-5-6-13(10-14)11-17)16(18)19-15-8-3-2-4-9-15/h2-10,12H,1H3/t12-/m1/s1. The van der Waals surface area contributed by atoms with Crippen molar-refractivity contribution in [1.29, 1.82) is 5.26 Å². The lowest BCUT2D eigenvalue weighted by Gasteiger charge is -2.11. The van der Waals surface area contributed by atoms with Gasteiger partial charge < -0.3 is 4.74 Å². The number of hydrogen-bond donors (Lipinski definition) is 0. The Morgan fingerprint density at radius 1 is 1.16 bits per heavy atom. The summed E-state index contributed by atoms with van der Waals surface area (Å²) in [4.78, 5) is 12.0. The van der Waals surface area contributed by atoms with Crippen molar-refractivity contribution in [3.8, 4) is 11.8 Å². The molecule has 0 aromatic heterocycles.